The van der Waals surface area contributed by atoms with Crippen molar-refractivity contribution in [1.82, 2.24) is 16.0 Å². The lowest BCUT2D eigenvalue weighted by molar-refractivity contribution is -0.147. The van der Waals surface area contributed by atoms with Crippen molar-refractivity contribution < 1.29 is 34.2 Å². The maximum atomic E-state index is 13.1. The SMILES string of the molecule is CC(C)C(NC(=O)C(CCCN=C(N)N)NC(=O)C(N)CCCN=C(N)N)C(=O)NC(CC(=O)O)C(=O)O. The Balaban J connectivity index is 5.51. The van der Waals surface area contributed by atoms with Gasteiger partial charge in [-0.05, 0) is 31.6 Å². The molecule has 38 heavy (non-hydrogen) atoms. The number of hydrogen-bond acceptors (Lipinski definition) is 8. The first kappa shape index (κ1) is 33.8. The predicted octanol–water partition coefficient (Wildman–Crippen LogP) is -3.91. The normalized spacial score (nSPS) is 13.8. The van der Waals surface area contributed by atoms with Crippen molar-refractivity contribution >= 4 is 41.6 Å². The Morgan fingerprint density at radius 2 is 1.24 bits per heavy atom. The lowest BCUT2D eigenvalue weighted by atomic mass is 10.0. The third-order valence-electron chi connectivity index (χ3n) is 5.12. The minimum Gasteiger partial charge on any atom is -0.481 e. The first-order chi connectivity index (χ1) is 17.6. The molecule has 4 atom stereocenters. The second-order valence-electron chi connectivity index (χ2n) is 8.79. The average Bonchev–Trinajstić information content (AvgIpc) is 2.80. The van der Waals surface area contributed by atoms with Gasteiger partial charge in [0.2, 0.25) is 17.7 Å². The molecule has 0 radical (unpaired) electrons. The van der Waals surface area contributed by atoms with E-state index >= 15 is 0 Å². The molecular weight excluding hydrogens is 504 g/mol. The lowest BCUT2D eigenvalue weighted by Crippen LogP contribution is -2.58. The summed E-state index contributed by atoms with van der Waals surface area (Å²) in [6.45, 7) is 3.61. The van der Waals surface area contributed by atoms with E-state index in [2.05, 4.69) is 25.9 Å². The number of guanidine groups is 2. The van der Waals surface area contributed by atoms with E-state index in [1.807, 2.05) is 0 Å². The van der Waals surface area contributed by atoms with Crippen LogP contribution < -0.4 is 44.6 Å². The van der Waals surface area contributed by atoms with E-state index in [-0.39, 0.29) is 44.3 Å². The highest BCUT2D eigenvalue weighted by molar-refractivity contribution is 5.94. The summed E-state index contributed by atoms with van der Waals surface area (Å²) in [6.07, 6.45) is 0.142. The highest BCUT2D eigenvalue weighted by Crippen LogP contribution is 2.07. The van der Waals surface area contributed by atoms with Gasteiger partial charge in [-0.3, -0.25) is 29.2 Å². The highest BCUT2D eigenvalue weighted by atomic mass is 16.4. The maximum Gasteiger partial charge on any atom is 0.326 e. The molecule has 0 heterocycles. The zero-order valence-electron chi connectivity index (χ0n) is 21.6. The van der Waals surface area contributed by atoms with E-state index in [1.165, 1.54) is 0 Å². The molecule has 0 saturated carbocycles. The number of hydrogen-bond donors (Lipinski definition) is 10. The molecule has 0 fully saturated rings. The molecule has 4 unspecified atom stereocenters. The molecule has 0 aliphatic rings. The van der Waals surface area contributed by atoms with Crippen LogP contribution in [0, 0.1) is 5.92 Å². The van der Waals surface area contributed by atoms with Crippen LogP contribution >= 0.6 is 0 Å². The molecule has 0 aromatic rings. The standard InChI is InChI=1S/C21H40N10O7/c1-10(2)15(18(36)30-13(19(37)38)9-14(32)33)31-17(35)12(6-4-8-28-21(25)26)29-16(34)11(22)5-3-7-27-20(23)24/h10-13,15H,3-9,22H2,1-2H3,(H,29,34)(H,30,36)(H,31,35)(H,32,33)(H,37,38)(H4,23,24,27)(H4,25,26,28). The number of aliphatic carboxylic acids is 2. The van der Waals surface area contributed by atoms with Crippen molar-refractivity contribution in [2.75, 3.05) is 13.1 Å². The van der Waals surface area contributed by atoms with Gasteiger partial charge in [-0.15, -0.1) is 0 Å². The van der Waals surface area contributed by atoms with Crippen molar-refractivity contribution in [1.29, 1.82) is 0 Å². The summed E-state index contributed by atoms with van der Waals surface area (Å²) < 4.78 is 0. The van der Waals surface area contributed by atoms with Crippen LogP contribution in [0.5, 0.6) is 0 Å². The molecule has 0 aromatic carbocycles. The van der Waals surface area contributed by atoms with E-state index in [1.54, 1.807) is 13.8 Å². The number of nitrogens with zero attached hydrogens (tertiary/aromatic N) is 2. The van der Waals surface area contributed by atoms with E-state index in [4.69, 9.17) is 33.8 Å². The summed E-state index contributed by atoms with van der Waals surface area (Å²) in [7, 11) is 0. The van der Waals surface area contributed by atoms with Crippen LogP contribution in [0.15, 0.2) is 9.98 Å². The van der Waals surface area contributed by atoms with Gasteiger partial charge in [-0.2, -0.15) is 0 Å². The van der Waals surface area contributed by atoms with Crippen LogP contribution in [0.3, 0.4) is 0 Å². The zero-order chi connectivity index (χ0) is 29.4. The summed E-state index contributed by atoms with van der Waals surface area (Å²) in [6, 6.07) is -5.05. The molecule has 0 aliphatic carbocycles. The van der Waals surface area contributed by atoms with Crippen molar-refractivity contribution in [3.8, 4) is 0 Å². The Bertz CT molecular complexity index is 886. The van der Waals surface area contributed by atoms with Gasteiger partial charge in [0.15, 0.2) is 11.9 Å². The fourth-order valence-electron chi connectivity index (χ4n) is 3.13. The smallest absolute Gasteiger partial charge is 0.326 e. The summed E-state index contributed by atoms with van der Waals surface area (Å²) in [5.41, 5.74) is 27.0. The molecule has 17 nitrogen and oxygen atoms in total. The largest absolute Gasteiger partial charge is 0.481 e. The summed E-state index contributed by atoms with van der Waals surface area (Å²) >= 11 is 0. The van der Waals surface area contributed by atoms with Crippen molar-refractivity contribution in [3.05, 3.63) is 0 Å². The van der Waals surface area contributed by atoms with Gasteiger partial charge in [0.05, 0.1) is 12.5 Å². The molecule has 17 heteroatoms. The molecule has 3 amide bonds. The van der Waals surface area contributed by atoms with E-state index in [9.17, 15) is 29.1 Å². The van der Waals surface area contributed by atoms with Crippen molar-refractivity contribution in [2.24, 2.45) is 44.6 Å². The fourth-order valence-corrected chi connectivity index (χ4v) is 3.13. The van der Waals surface area contributed by atoms with Crippen molar-refractivity contribution in [3.63, 3.8) is 0 Å². The van der Waals surface area contributed by atoms with E-state index in [0.29, 0.717) is 6.42 Å². The van der Waals surface area contributed by atoms with Crippen LogP contribution in [0.2, 0.25) is 0 Å². The molecule has 0 aliphatic heterocycles. The van der Waals surface area contributed by atoms with Gasteiger partial charge < -0.3 is 54.8 Å². The van der Waals surface area contributed by atoms with Gasteiger partial charge in [0.1, 0.15) is 18.1 Å². The van der Waals surface area contributed by atoms with Gasteiger partial charge in [0.25, 0.3) is 0 Å². The van der Waals surface area contributed by atoms with Gasteiger partial charge in [0, 0.05) is 13.1 Å². The third kappa shape index (κ3) is 14.4. The van der Waals surface area contributed by atoms with Crippen LogP contribution in [-0.4, -0.2) is 89.0 Å². The van der Waals surface area contributed by atoms with Crippen molar-refractivity contribution in [2.45, 2.75) is 70.1 Å². The summed E-state index contributed by atoms with van der Waals surface area (Å²) in [4.78, 5) is 68.3. The van der Waals surface area contributed by atoms with E-state index in [0.717, 1.165) is 0 Å². The monoisotopic (exact) mass is 544 g/mol. The Morgan fingerprint density at radius 3 is 1.68 bits per heavy atom. The quantitative estimate of drug-likeness (QED) is 0.0449. The van der Waals surface area contributed by atoms with Crippen LogP contribution in [-0.2, 0) is 24.0 Å². The second-order valence-corrected chi connectivity index (χ2v) is 8.79. The number of carbonyl (C=O) groups excluding carboxylic acids is 3. The Hall–Kier alpha value is -4.15. The topological polar surface area (TPSA) is 317 Å². The number of carboxylic acids is 2. The van der Waals surface area contributed by atoms with Crippen LogP contribution in [0.4, 0.5) is 0 Å². The number of nitrogens with one attached hydrogen (secondary N) is 3. The number of amides is 3. The van der Waals surface area contributed by atoms with Crippen LogP contribution in [0.1, 0.15) is 46.0 Å². The van der Waals surface area contributed by atoms with E-state index < -0.39 is 66.2 Å². The average molecular weight is 545 g/mol. The Labute approximate surface area is 220 Å². The Kier molecular flexibility index (Phi) is 15.4. The molecule has 0 saturated heterocycles. The van der Waals surface area contributed by atoms with Gasteiger partial charge >= 0.3 is 11.9 Å². The first-order valence-corrected chi connectivity index (χ1v) is 11.9. The number of nitrogens with two attached hydrogens (primary N) is 5. The zero-order valence-corrected chi connectivity index (χ0v) is 21.6. The second kappa shape index (κ2) is 17.3. The molecule has 216 valence electrons. The molecular formula is C21H40N10O7. The predicted molar refractivity (Wildman–Crippen MR) is 138 cm³/mol. The molecule has 0 rings (SSSR count). The molecule has 0 bridgehead atoms. The number of aliphatic imine (C=N–C) groups is 2. The lowest BCUT2D eigenvalue weighted by Gasteiger charge is -2.27. The Morgan fingerprint density at radius 1 is 0.737 bits per heavy atom. The fraction of sp³-hybridized carbons (Fsp3) is 0.667. The molecule has 15 N–H and O–H groups in total. The number of carbonyl (C=O) groups is 5. The highest BCUT2D eigenvalue weighted by Gasteiger charge is 2.32. The minimum atomic E-state index is -1.70. The first-order valence-electron chi connectivity index (χ1n) is 11.9. The van der Waals surface area contributed by atoms with Gasteiger partial charge in [-0.25, -0.2) is 4.79 Å². The number of rotatable bonds is 18. The molecule has 0 spiro atoms. The van der Waals surface area contributed by atoms with Gasteiger partial charge in [-0.1, -0.05) is 13.8 Å². The summed E-state index contributed by atoms with van der Waals surface area (Å²) in [5.74, 6) is -6.01. The van der Waals surface area contributed by atoms with Crippen LogP contribution in [0.25, 0.3) is 0 Å². The molecule has 0 aromatic heterocycles. The summed E-state index contributed by atoms with van der Waals surface area (Å²) in [5, 5.41) is 25.3. The third-order valence-corrected chi connectivity index (χ3v) is 5.12. The number of carboxylic acid groups (broad SMARTS) is 2. The minimum absolute atomic E-state index is 0.0816. The maximum absolute atomic E-state index is 13.1.